The number of rotatable bonds is 4. The van der Waals surface area contributed by atoms with Crippen LogP contribution in [0.5, 0.6) is 0 Å². The van der Waals surface area contributed by atoms with Gasteiger partial charge in [0.25, 0.3) is 5.91 Å². The molecule has 0 radical (unpaired) electrons. The van der Waals surface area contributed by atoms with Crippen LogP contribution in [0.4, 0.5) is 5.82 Å². The molecule has 6 N–H and O–H groups in total. The number of carbonyl (C=O) groups excluding carboxylic acids is 2. The minimum absolute atomic E-state index is 0.290. The van der Waals surface area contributed by atoms with E-state index in [0.717, 1.165) is 16.6 Å². The van der Waals surface area contributed by atoms with Crippen molar-refractivity contribution in [2.75, 3.05) is 12.4 Å². The summed E-state index contributed by atoms with van der Waals surface area (Å²) in [5.74, 6) is -0.266. The van der Waals surface area contributed by atoms with Crippen LogP contribution in [0.3, 0.4) is 0 Å². The third-order valence-electron chi connectivity index (χ3n) is 3.60. The Morgan fingerprint density at radius 3 is 2.46 bits per heavy atom. The van der Waals surface area contributed by atoms with Gasteiger partial charge in [-0.1, -0.05) is 42.0 Å². The number of carbonyl (C=O) groups is 2. The molecule has 0 saturated carbocycles. The lowest BCUT2D eigenvalue weighted by Gasteiger charge is -2.03. The van der Waals surface area contributed by atoms with Gasteiger partial charge in [0.2, 0.25) is 6.41 Å². The number of amides is 2. The van der Waals surface area contributed by atoms with Crippen molar-refractivity contribution in [2.45, 2.75) is 6.92 Å². The topological polar surface area (TPSA) is 114 Å². The second-order valence-corrected chi connectivity index (χ2v) is 5.13. The van der Waals surface area contributed by atoms with Gasteiger partial charge in [0, 0.05) is 10.9 Å². The number of fused-ring (bicyclic) bond motifs is 1. The zero-order chi connectivity index (χ0) is 17.7. The number of nitrogens with two attached hydrogens (primary N) is 2. The quantitative estimate of drug-likeness (QED) is 0.552. The highest BCUT2D eigenvalue weighted by atomic mass is 16.1. The van der Waals surface area contributed by atoms with Gasteiger partial charge >= 0.3 is 0 Å². The second kappa shape index (κ2) is 7.43. The van der Waals surface area contributed by atoms with Gasteiger partial charge in [-0.3, -0.25) is 9.59 Å². The Labute approximate surface area is 139 Å². The smallest absolute Gasteiger partial charge is 0.253 e. The van der Waals surface area contributed by atoms with Crippen molar-refractivity contribution in [3.05, 3.63) is 53.6 Å². The van der Waals surface area contributed by atoms with E-state index in [0.29, 0.717) is 17.6 Å². The molecule has 24 heavy (non-hydrogen) atoms. The lowest BCUT2D eigenvalue weighted by molar-refractivity contribution is -0.105. The number of H-pyrrole nitrogens is 1. The van der Waals surface area contributed by atoms with Crippen LogP contribution in [0.25, 0.3) is 22.0 Å². The fraction of sp³-hybridized carbons (Fsp3) is 0.111. The predicted octanol–water partition coefficient (Wildman–Crippen LogP) is 2.39. The van der Waals surface area contributed by atoms with E-state index in [1.807, 2.05) is 43.3 Å². The summed E-state index contributed by atoms with van der Waals surface area (Å²) in [5.41, 5.74) is 14.2. The SMILES string of the molecule is CN.Cc1cccc(-c2ccc3c(C(N)=O)c(NC=O)[nH]c3c2)c1. The lowest BCUT2D eigenvalue weighted by atomic mass is 10.0. The molecule has 0 aliphatic heterocycles. The molecule has 6 heteroatoms. The Kier molecular flexibility index (Phi) is 5.34. The number of aromatic amines is 1. The molecule has 3 rings (SSSR count). The Hall–Kier alpha value is -3.12. The largest absolute Gasteiger partial charge is 0.365 e. The van der Waals surface area contributed by atoms with Crippen LogP contribution in [0.2, 0.25) is 0 Å². The van der Waals surface area contributed by atoms with Crippen molar-refractivity contribution >= 4 is 29.0 Å². The summed E-state index contributed by atoms with van der Waals surface area (Å²) in [7, 11) is 1.50. The first-order chi connectivity index (χ1) is 11.6. The number of nitrogens with one attached hydrogen (secondary N) is 2. The van der Waals surface area contributed by atoms with Crippen LogP contribution >= 0.6 is 0 Å². The van der Waals surface area contributed by atoms with Crippen molar-refractivity contribution in [3.8, 4) is 11.1 Å². The monoisotopic (exact) mass is 324 g/mol. The van der Waals surface area contributed by atoms with Crippen LogP contribution in [-0.4, -0.2) is 24.3 Å². The maximum absolute atomic E-state index is 11.6. The van der Waals surface area contributed by atoms with Crippen LogP contribution in [0.15, 0.2) is 42.5 Å². The standard InChI is InChI=1S/C17H15N3O2.CH5N/c1-10-3-2-4-11(7-10)12-5-6-13-14(8-12)20-17(19-9-21)15(13)16(18)22;1-2/h2-9,20H,1H3,(H2,18,22)(H,19,21);2H2,1H3. The Morgan fingerprint density at radius 1 is 1.12 bits per heavy atom. The van der Waals surface area contributed by atoms with Crippen molar-refractivity contribution in [1.29, 1.82) is 0 Å². The van der Waals surface area contributed by atoms with Crippen molar-refractivity contribution < 1.29 is 9.59 Å². The first-order valence-corrected chi connectivity index (χ1v) is 7.40. The molecule has 0 spiro atoms. The summed E-state index contributed by atoms with van der Waals surface area (Å²) in [5, 5.41) is 3.17. The Bertz CT molecular complexity index is 884. The maximum atomic E-state index is 11.6. The van der Waals surface area contributed by atoms with E-state index < -0.39 is 5.91 Å². The first kappa shape index (κ1) is 17.2. The second-order valence-electron chi connectivity index (χ2n) is 5.13. The van der Waals surface area contributed by atoms with E-state index in [4.69, 9.17) is 5.73 Å². The fourth-order valence-electron chi connectivity index (χ4n) is 2.62. The predicted molar refractivity (Wildman–Crippen MR) is 96.8 cm³/mol. The molecular weight excluding hydrogens is 304 g/mol. The van der Waals surface area contributed by atoms with Crippen LogP contribution in [0.1, 0.15) is 15.9 Å². The number of hydrogen-bond donors (Lipinski definition) is 4. The van der Waals surface area contributed by atoms with E-state index in [1.54, 1.807) is 0 Å². The van der Waals surface area contributed by atoms with E-state index in [2.05, 4.69) is 22.1 Å². The number of hydrogen-bond acceptors (Lipinski definition) is 3. The number of aryl methyl sites for hydroxylation is 1. The molecule has 0 unspecified atom stereocenters. The van der Waals surface area contributed by atoms with E-state index in [9.17, 15) is 9.59 Å². The van der Waals surface area contributed by atoms with Gasteiger partial charge in [0.05, 0.1) is 5.56 Å². The molecule has 124 valence electrons. The highest BCUT2D eigenvalue weighted by Gasteiger charge is 2.16. The molecule has 1 aromatic heterocycles. The fourth-order valence-corrected chi connectivity index (χ4v) is 2.62. The van der Waals surface area contributed by atoms with Gasteiger partial charge < -0.3 is 21.8 Å². The third kappa shape index (κ3) is 3.28. The molecule has 2 aromatic carbocycles. The van der Waals surface area contributed by atoms with Crippen LogP contribution in [-0.2, 0) is 4.79 Å². The lowest BCUT2D eigenvalue weighted by Crippen LogP contribution is -2.13. The number of anilines is 1. The first-order valence-electron chi connectivity index (χ1n) is 7.40. The molecule has 6 nitrogen and oxygen atoms in total. The summed E-state index contributed by atoms with van der Waals surface area (Å²) in [6.45, 7) is 2.04. The normalized spacial score (nSPS) is 9.96. The summed E-state index contributed by atoms with van der Waals surface area (Å²) >= 11 is 0. The van der Waals surface area contributed by atoms with E-state index >= 15 is 0 Å². The average molecular weight is 324 g/mol. The van der Waals surface area contributed by atoms with Gasteiger partial charge in [0.1, 0.15) is 5.82 Å². The van der Waals surface area contributed by atoms with Gasteiger partial charge in [-0.15, -0.1) is 0 Å². The zero-order valence-electron chi connectivity index (χ0n) is 13.6. The molecule has 0 saturated heterocycles. The van der Waals surface area contributed by atoms with Gasteiger partial charge in [-0.05, 0) is 31.2 Å². The minimum atomic E-state index is -0.584. The summed E-state index contributed by atoms with van der Waals surface area (Å²) < 4.78 is 0. The molecule has 2 amide bonds. The maximum Gasteiger partial charge on any atom is 0.253 e. The summed E-state index contributed by atoms with van der Waals surface area (Å²) in [4.78, 5) is 25.3. The molecule has 0 atom stereocenters. The molecule has 0 bridgehead atoms. The zero-order valence-corrected chi connectivity index (χ0v) is 13.6. The van der Waals surface area contributed by atoms with Crippen LogP contribution in [0, 0.1) is 6.92 Å². The van der Waals surface area contributed by atoms with Gasteiger partial charge in [0.15, 0.2) is 0 Å². The molecule has 1 heterocycles. The highest BCUT2D eigenvalue weighted by molar-refractivity contribution is 6.12. The Balaban J connectivity index is 0.00000100. The third-order valence-corrected chi connectivity index (χ3v) is 3.60. The average Bonchev–Trinajstić information content (AvgIpc) is 2.94. The minimum Gasteiger partial charge on any atom is -0.365 e. The molecule has 0 aliphatic rings. The summed E-state index contributed by atoms with van der Waals surface area (Å²) in [6.07, 6.45) is 0.513. The van der Waals surface area contributed by atoms with Crippen molar-refractivity contribution in [3.63, 3.8) is 0 Å². The van der Waals surface area contributed by atoms with E-state index in [-0.39, 0.29) is 5.56 Å². The molecule has 0 aliphatic carbocycles. The molecule has 0 fully saturated rings. The van der Waals surface area contributed by atoms with Crippen LogP contribution < -0.4 is 16.8 Å². The Morgan fingerprint density at radius 2 is 1.83 bits per heavy atom. The summed E-state index contributed by atoms with van der Waals surface area (Å²) in [6, 6.07) is 13.8. The van der Waals surface area contributed by atoms with Crippen molar-refractivity contribution in [2.24, 2.45) is 11.5 Å². The van der Waals surface area contributed by atoms with E-state index in [1.165, 1.54) is 12.6 Å². The number of primary amides is 1. The van der Waals surface area contributed by atoms with Crippen molar-refractivity contribution in [1.82, 2.24) is 4.98 Å². The van der Waals surface area contributed by atoms with Gasteiger partial charge in [-0.2, -0.15) is 0 Å². The number of aromatic nitrogens is 1. The number of benzene rings is 2. The molecular formula is C18H20N4O2. The van der Waals surface area contributed by atoms with Gasteiger partial charge in [-0.25, -0.2) is 0 Å². The molecule has 3 aromatic rings. The highest BCUT2D eigenvalue weighted by Crippen LogP contribution is 2.30.